The van der Waals surface area contributed by atoms with Crippen molar-refractivity contribution in [3.05, 3.63) is 29.5 Å². The molecule has 2 aromatic heterocycles. The van der Waals surface area contributed by atoms with Crippen molar-refractivity contribution in [1.29, 1.82) is 5.41 Å². The molecule has 2 radical (unpaired) electrons. The molecule has 0 fully saturated rings. The molecular weight excluding hydrogens is 359 g/mol. The molecule has 0 saturated carbocycles. The molecule has 2 N–H and O–H groups in total. The molecule has 1 unspecified atom stereocenters. The van der Waals surface area contributed by atoms with Gasteiger partial charge in [0.15, 0.2) is 0 Å². The zero-order valence-corrected chi connectivity index (χ0v) is 16.4. The number of hydrogen-bond donors (Lipinski definition) is 2. The molecule has 9 heteroatoms. The SMILES string of the molecule is [B]C(C)=NC(=N)C(C)Nc1ncnc2c(OC)cc(-c3ncc(C)s3)cc12. The standard InChI is InChI=1S/C18H19BN6OS/c1-9-7-21-18(27-9)12-5-13-15(14(6-12)26-4)22-8-23-17(13)24-10(2)16(20)25-11(3)19/h5-8,10,20H,1-4H3,(H,22,23,24). The third-order valence-corrected chi connectivity index (χ3v) is 4.81. The van der Waals surface area contributed by atoms with Gasteiger partial charge in [-0.15, -0.1) is 11.3 Å². The molecular formula is C18H19BN6OS. The smallest absolute Gasteiger partial charge is 0.145 e. The number of ether oxygens (including phenoxy) is 1. The van der Waals surface area contributed by atoms with E-state index in [-0.39, 0.29) is 11.9 Å². The first kappa shape index (κ1) is 19.0. The van der Waals surface area contributed by atoms with Gasteiger partial charge in [0.2, 0.25) is 0 Å². The van der Waals surface area contributed by atoms with Crippen LogP contribution in [0, 0.1) is 12.3 Å². The number of anilines is 1. The zero-order valence-electron chi connectivity index (χ0n) is 15.6. The molecule has 0 spiro atoms. The highest BCUT2D eigenvalue weighted by Gasteiger charge is 2.16. The molecule has 2 heterocycles. The number of nitrogens with one attached hydrogen (secondary N) is 2. The molecule has 27 heavy (non-hydrogen) atoms. The normalized spacial score (nSPS) is 12.8. The van der Waals surface area contributed by atoms with Crippen molar-refractivity contribution in [1.82, 2.24) is 15.0 Å². The van der Waals surface area contributed by atoms with Gasteiger partial charge in [0, 0.05) is 22.0 Å². The van der Waals surface area contributed by atoms with Gasteiger partial charge in [0.1, 0.15) is 42.1 Å². The van der Waals surface area contributed by atoms with E-state index < -0.39 is 0 Å². The quantitative estimate of drug-likeness (QED) is 0.403. The summed E-state index contributed by atoms with van der Waals surface area (Å²) < 4.78 is 5.53. The minimum Gasteiger partial charge on any atom is -0.494 e. The fourth-order valence-corrected chi connectivity index (χ4v) is 3.33. The summed E-state index contributed by atoms with van der Waals surface area (Å²) in [6.07, 6.45) is 3.31. The number of rotatable bonds is 5. The lowest BCUT2D eigenvalue weighted by molar-refractivity contribution is 0.419. The molecule has 136 valence electrons. The number of amidine groups is 1. The van der Waals surface area contributed by atoms with Crippen LogP contribution in [-0.2, 0) is 0 Å². The summed E-state index contributed by atoms with van der Waals surface area (Å²) in [5, 5.41) is 12.9. The summed E-state index contributed by atoms with van der Waals surface area (Å²) in [7, 11) is 7.18. The van der Waals surface area contributed by atoms with E-state index in [0.717, 1.165) is 20.8 Å². The molecule has 0 amide bonds. The molecule has 0 saturated heterocycles. The van der Waals surface area contributed by atoms with Gasteiger partial charge in [-0.1, -0.05) is 0 Å². The number of benzene rings is 1. The Kier molecular flexibility index (Phi) is 5.50. The summed E-state index contributed by atoms with van der Waals surface area (Å²) in [6, 6.07) is 3.52. The molecule has 3 rings (SSSR count). The van der Waals surface area contributed by atoms with E-state index in [9.17, 15) is 0 Å². The van der Waals surface area contributed by atoms with Crippen molar-refractivity contribution >= 4 is 47.4 Å². The maximum absolute atomic E-state index is 8.03. The lowest BCUT2D eigenvalue weighted by atomic mass is 10.0. The van der Waals surface area contributed by atoms with Crippen LogP contribution in [0.3, 0.4) is 0 Å². The topological polar surface area (TPSA) is 96.1 Å². The van der Waals surface area contributed by atoms with Gasteiger partial charge in [-0.2, -0.15) is 0 Å². The molecule has 3 aromatic rings. The van der Waals surface area contributed by atoms with Gasteiger partial charge in [-0.05, 0) is 38.5 Å². The average molecular weight is 378 g/mol. The van der Waals surface area contributed by atoms with E-state index in [1.165, 1.54) is 6.33 Å². The Morgan fingerprint density at radius 2 is 2.11 bits per heavy atom. The first-order valence-electron chi connectivity index (χ1n) is 8.30. The summed E-state index contributed by atoms with van der Waals surface area (Å²) >= 11 is 1.61. The van der Waals surface area contributed by atoms with E-state index in [0.29, 0.717) is 22.7 Å². The highest BCUT2D eigenvalue weighted by Crippen LogP contribution is 2.35. The lowest BCUT2D eigenvalue weighted by Gasteiger charge is -2.16. The van der Waals surface area contributed by atoms with Crippen LogP contribution in [0.15, 0.2) is 29.6 Å². The third kappa shape index (κ3) is 4.14. The highest BCUT2D eigenvalue weighted by molar-refractivity contribution is 7.14. The molecule has 1 aromatic carbocycles. The Balaban J connectivity index is 2.08. The summed E-state index contributed by atoms with van der Waals surface area (Å²) in [4.78, 5) is 18.3. The largest absolute Gasteiger partial charge is 0.494 e. The Morgan fingerprint density at radius 1 is 1.33 bits per heavy atom. The molecule has 0 aliphatic carbocycles. The molecule has 1 atom stereocenters. The van der Waals surface area contributed by atoms with Gasteiger partial charge in [0.25, 0.3) is 0 Å². The van der Waals surface area contributed by atoms with Gasteiger partial charge < -0.3 is 10.1 Å². The Hall–Kier alpha value is -2.81. The van der Waals surface area contributed by atoms with Crippen molar-refractivity contribution in [2.24, 2.45) is 4.99 Å². The number of nitrogens with zero attached hydrogens (tertiary/aromatic N) is 4. The third-order valence-electron chi connectivity index (χ3n) is 3.85. The first-order valence-corrected chi connectivity index (χ1v) is 9.12. The number of methoxy groups -OCH3 is 1. The number of fused-ring (bicyclic) bond motifs is 1. The fourth-order valence-electron chi connectivity index (χ4n) is 2.58. The minimum atomic E-state index is -0.377. The number of aryl methyl sites for hydroxylation is 1. The summed E-state index contributed by atoms with van der Waals surface area (Å²) in [5.41, 5.74) is 1.95. The van der Waals surface area contributed by atoms with Crippen LogP contribution in [0.2, 0.25) is 0 Å². The second kappa shape index (κ2) is 7.83. The van der Waals surface area contributed by atoms with Crippen LogP contribution in [-0.4, -0.2) is 47.4 Å². The fraction of sp³-hybridized carbons (Fsp3) is 0.278. The van der Waals surface area contributed by atoms with E-state index in [4.69, 9.17) is 18.0 Å². The second-order valence-electron chi connectivity index (χ2n) is 6.08. The number of aliphatic imine (C=N–C) groups is 1. The van der Waals surface area contributed by atoms with Gasteiger partial charge in [-0.25, -0.2) is 15.0 Å². The summed E-state index contributed by atoms with van der Waals surface area (Å²) in [5.74, 6) is 1.36. The Labute approximate surface area is 162 Å². The maximum Gasteiger partial charge on any atom is 0.145 e. The molecule has 0 aliphatic rings. The van der Waals surface area contributed by atoms with E-state index in [1.54, 1.807) is 25.4 Å². The average Bonchev–Trinajstić information content (AvgIpc) is 3.07. The first-order chi connectivity index (χ1) is 12.9. The highest BCUT2D eigenvalue weighted by atomic mass is 32.1. The van der Waals surface area contributed by atoms with Crippen LogP contribution in [0.4, 0.5) is 5.82 Å². The number of aromatic nitrogens is 3. The van der Waals surface area contributed by atoms with Crippen molar-refractivity contribution in [3.63, 3.8) is 0 Å². The van der Waals surface area contributed by atoms with Crippen molar-refractivity contribution in [2.45, 2.75) is 26.8 Å². The number of hydrogen-bond acceptors (Lipinski definition) is 7. The zero-order chi connectivity index (χ0) is 19.6. The van der Waals surface area contributed by atoms with Crippen LogP contribution >= 0.6 is 11.3 Å². The van der Waals surface area contributed by atoms with E-state index in [1.807, 2.05) is 32.2 Å². The maximum atomic E-state index is 8.03. The van der Waals surface area contributed by atoms with Crippen LogP contribution in [0.1, 0.15) is 18.7 Å². The molecule has 7 nitrogen and oxygen atoms in total. The van der Waals surface area contributed by atoms with Crippen molar-refractivity contribution in [3.8, 4) is 16.3 Å². The molecule has 0 aliphatic heterocycles. The minimum absolute atomic E-state index is 0.125. The Morgan fingerprint density at radius 3 is 2.74 bits per heavy atom. The monoisotopic (exact) mass is 378 g/mol. The van der Waals surface area contributed by atoms with Crippen molar-refractivity contribution in [2.75, 3.05) is 12.4 Å². The van der Waals surface area contributed by atoms with Gasteiger partial charge in [0.05, 0.1) is 13.2 Å². The Bertz CT molecular complexity index is 1030. The lowest BCUT2D eigenvalue weighted by Crippen LogP contribution is -2.25. The van der Waals surface area contributed by atoms with Crippen molar-refractivity contribution < 1.29 is 4.74 Å². The van der Waals surface area contributed by atoms with Crippen LogP contribution < -0.4 is 10.1 Å². The van der Waals surface area contributed by atoms with E-state index >= 15 is 0 Å². The van der Waals surface area contributed by atoms with Crippen LogP contribution in [0.25, 0.3) is 21.5 Å². The van der Waals surface area contributed by atoms with E-state index in [2.05, 4.69) is 25.3 Å². The summed E-state index contributed by atoms with van der Waals surface area (Å²) in [6.45, 7) is 5.49. The van der Waals surface area contributed by atoms with Crippen LogP contribution in [0.5, 0.6) is 5.75 Å². The van der Waals surface area contributed by atoms with Gasteiger partial charge >= 0.3 is 0 Å². The predicted molar refractivity (Wildman–Crippen MR) is 112 cm³/mol. The second-order valence-corrected chi connectivity index (χ2v) is 7.31. The molecule has 0 bridgehead atoms. The van der Waals surface area contributed by atoms with Gasteiger partial charge in [-0.3, -0.25) is 10.4 Å². The predicted octanol–water partition coefficient (Wildman–Crippen LogP) is 3.43. The number of thiazole rings is 1.